The van der Waals surface area contributed by atoms with Gasteiger partial charge in [0, 0.05) is 27.9 Å². The van der Waals surface area contributed by atoms with Crippen LogP contribution < -0.4 is 5.19 Å². The fourth-order valence-corrected chi connectivity index (χ4v) is 151. The van der Waals surface area contributed by atoms with Crippen molar-refractivity contribution in [2.75, 3.05) is 6.61 Å². The summed E-state index contributed by atoms with van der Waals surface area (Å²) in [6.07, 6.45) is 0. The molecule has 0 aliphatic carbocycles. The Labute approximate surface area is 175 Å². The highest BCUT2D eigenvalue weighted by Gasteiger charge is 2.66. The predicted molar refractivity (Wildman–Crippen MR) is 143 cm³/mol. The summed E-state index contributed by atoms with van der Waals surface area (Å²) >= 11 is 0. The highest BCUT2D eigenvalue weighted by atomic mass is 30.0. The van der Waals surface area contributed by atoms with Crippen molar-refractivity contribution < 1.29 is 4.43 Å². The van der Waals surface area contributed by atoms with Crippen molar-refractivity contribution in [2.45, 2.75) is 85.5 Å². The highest BCUT2D eigenvalue weighted by Crippen LogP contribution is 2.42. The van der Waals surface area contributed by atoms with Crippen LogP contribution in [0.2, 0.25) is 78.6 Å². The number of hydrogen-bond acceptors (Lipinski definition) is 1. The zero-order valence-electron chi connectivity index (χ0n) is 20.5. The van der Waals surface area contributed by atoms with E-state index in [1.807, 2.05) is 0 Å². The van der Waals surface area contributed by atoms with E-state index in [4.69, 9.17) is 4.43 Å². The van der Waals surface area contributed by atoms with Gasteiger partial charge < -0.3 is 4.43 Å². The Balaban J connectivity index is 3.53. The molecule has 0 spiro atoms. The second-order valence-corrected chi connectivity index (χ2v) is 74.9. The quantitative estimate of drug-likeness (QED) is 0.419. The second kappa shape index (κ2) is 7.96. The monoisotopic (exact) mass is 470 g/mol. The van der Waals surface area contributed by atoms with Crippen LogP contribution in [0.3, 0.4) is 0 Å². The van der Waals surface area contributed by atoms with E-state index < -0.39 is 43.9 Å². The molecule has 1 rings (SSSR count). The molecule has 0 aliphatic rings. The van der Waals surface area contributed by atoms with E-state index in [-0.39, 0.29) is 0 Å². The minimum Gasteiger partial charge on any atom is -0.421 e. The first kappa shape index (κ1) is 25.5. The number of hydrogen-bond donors (Lipinski definition) is 0. The lowest BCUT2D eigenvalue weighted by molar-refractivity contribution is 0.342. The first-order valence-corrected chi connectivity index (χ1v) is 33.5. The Morgan fingerprint density at radius 3 is 1.41 bits per heavy atom. The molecule has 0 fully saturated rings. The largest absolute Gasteiger partial charge is 0.421 e. The highest BCUT2D eigenvalue weighted by molar-refractivity contribution is 7.97. The van der Waals surface area contributed by atoms with Gasteiger partial charge in [-0.1, -0.05) is 101 Å². The first-order valence-electron chi connectivity index (χ1n) is 10.6. The van der Waals surface area contributed by atoms with Crippen LogP contribution in [-0.2, 0) is 4.43 Å². The van der Waals surface area contributed by atoms with Crippen molar-refractivity contribution in [3.05, 3.63) is 30.3 Å². The predicted octanol–water partition coefficient (Wildman–Crippen LogP) is 6.07. The summed E-state index contributed by atoms with van der Waals surface area (Å²) in [5.41, 5.74) is 0. The van der Waals surface area contributed by atoms with Crippen molar-refractivity contribution in [3.8, 4) is 0 Å². The van der Waals surface area contributed by atoms with Crippen LogP contribution in [0.4, 0.5) is 0 Å². The summed E-state index contributed by atoms with van der Waals surface area (Å²) in [5.74, 6) is 0. The molecule has 7 heteroatoms. The Morgan fingerprint density at radius 1 is 0.593 bits per heavy atom. The SMILES string of the molecule is CCO[Si](C)(C)[Si](C)(C)[Si](C)(C)[Si](C)(C)[Si](C)(C)[Si](C)(C)c1ccccc1. The van der Waals surface area contributed by atoms with Gasteiger partial charge in [0.25, 0.3) is 0 Å². The number of benzene rings is 1. The van der Waals surface area contributed by atoms with Crippen LogP contribution in [0.5, 0.6) is 0 Å². The van der Waals surface area contributed by atoms with Gasteiger partial charge in [0.1, 0.15) is 0 Å². The fraction of sp³-hybridized carbons (Fsp3) is 0.700. The molecule has 1 aromatic carbocycles. The van der Waals surface area contributed by atoms with Crippen LogP contribution in [0.15, 0.2) is 30.3 Å². The maximum atomic E-state index is 6.54. The van der Waals surface area contributed by atoms with Crippen LogP contribution in [-0.4, -0.2) is 50.5 Å². The van der Waals surface area contributed by atoms with E-state index in [0.717, 1.165) is 6.61 Å². The van der Waals surface area contributed by atoms with E-state index in [2.05, 4.69) is 116 Å². The zero-order valence-corrected chi connectivity index (χ0v) is 26.5. The fourth-order valence-electron chi connectivity index (χ4n) is 4.85. The second-order valence-electron chi connectivity index (χ2n) is 11.4. The smallest absolute Gasteiger partial charge is 0.170 e. The Morgan fingerprint density at radius 2 is 1.00 bits per heavy atom. The van der Waals surface area contributed by atoms with Crippen molar-refractivity contribution in [1.29, 1.82) is 0 Å². The van der Waals surface area contributed by atoms with E-state index in [1.165, 1.54) is 0 Å². The van der Waals surface area contributed by atoms with Gasteiger partial charge >= 0.3 is 0 Å². The third-order valence-electron chi connectivity index (χ3n) is 9.76. The summed E-state index contributed by atoms with van der Waals surface area (Å²) in [6, 6.07) is 11.6. The zero-order chi connectivity index (χ0) is 21.5. The van der Waals surface area contributed by atoms with Crippen molar-refractivity contribution >= 4 is 49.0 Å². The van der Waals surface area contributed by atoms with E-state index in [9.17, 15) is 0 Å². The van der Waals surface area contributed by atoms with Gasteiger partial charge in [-0.3, -0.25) is 0 Å². The van der Waals surface area contributed by atoms with E-state index in [1.54, 1.807) is 5.19 Å². The Kier molecular flexibility index (Phi) is 7.52. The third-order valence-corrected chi connectivity index (χ3v) is 127. The van der Waals surface area contributed by atoms with Gasteiger partial charge in [0.2, 0.25) is 0 Å². The van der Waals surface area contributed by atoms with Gasteiger partial charge in [-0.05, 0) is 20.0 Å². The summed E-state index contributed by atoms with van der Waals surface area (Å²) < 4.78 is 6.54. The molecule has 0 unspecified atom stereocenters. The Hall–Kier alpha value is 0.481. The van der Waals surface area contributed by atoms with E-state index >= 15 is 0 Å². The van der Waals surface area contributed by atoms with Crippen molar-refractivity contribution in [2.24, 2.45) is 0 Å². The molecule has 0 heterocycles. The first-order chi connectivity index (χ1) is 11.9. The van der Waals surface area contributed by atoms with Gasteiger partial charge in [-0.15, -0.1) is 0 Å². The van der Waals surface area contributed by atoms with Crippen LogP contribution >= 0.6 is 0 Å². The lowest BCUT2D eigenvalue weighted by atomic mass is 10.4. The normalized spacial score (nSPS) is 15.1. The molecule has 0 atom stereocenters. The summed E-state index contributed by atoms with van der Waals surface area (Å²) in [6.45, 7) is 35.8. The molecule has 0 saturated carbocycles. The summed E-state index contributed by atoms with van der Waals surface area (Å²) in [7, 11) is -8.73. The average Bonchev–Trinajstić information content (AvgIpc) is 2.54. The van der Waals surface area contributed by atoms with Crippen LogP contribution in [0.25, 0.3) is 0 Å². The minimum atomic E-state index is -1.62. The molecule has 1 nitrogen and oxygen atoms in total. The van der Waals surface area contributed by atoms with Gasteiger partial charge in [0.15, 0.2) is 7.83 Å². The molecule has 0 radical (unpaired) electrons. The Bertz CT molecular complexity index is 635. The standard InChI is InChI=1S/C20H46OSi6/c1-14-21-23(4,5)25(8,9)27(12,13)26(10,11)24(6,7)22(2,3)20-18-16-15-17-19-20/h15-19H,14H2,1-13H3. The average molecular weight is 471 g/mol. The molecule has 0 saturated heterocycles. The molecule has 0 bridgehead atoms. The molecule has 0 N–H and O–H groups in total. The van der Waals surface area contributed by atoms with Gasteiger partial charge in [0.05, 0.1) is 14.7 Å². The minimum absolute atomic E-state index is 0.896. The summed E-state index contributed by atoms with van der Waals surface area (Å²) in [5, 5.41) is 1.69. The third kappa shape index (κ3) is 3.94. The van der Waals surface area contributed by atoms with Gasteiger partial charge in [-0.2, -0.15) is 0 Å². The molecular weight excluding hydrogens is 425 g/mol. The van der Waals surface area contributed by atoms with Gasteiger partial charge in [-0.25, -0.2) is 0 Å². The lowest BCUT2D eigenvalue weighted by Gasteiger charge is -2.61. The molecule has 27 heavy (non-hydrogen) atoms. The molecular formula is C20H46OSi6. The van der Waals surface area contributed by atoms with Crippen LogP contribution in [0, 0.1) is 0 Å². The van der Waals surface area contributed by atoms with E-state index in [0.29, 0.717) is 0 Å². The molecule has 156 valence electrons. The molecule has 0 aliphatic heterocycles. The lowest BCUT2D eigenvalue weighted by Crippen LogP contribution is -2.89. The maximum Gasteiger partial charge on any atom is 0.170 e. The maximum absolute atomic E-state index is 6.54. The topological polar surface area (TPSA) is 9.23 Å². The molecule has 0 amide bonds. The molecule has 0 aromatic heterocycles. The van der Waals surface area contributed by atoms with Crippen molar-refractivity contribution in [1.82, 2.24) is 0 Å². The molecule has 1 aromatic rings. The summed E-state index contributed by atoms with van der Waals surface area (Å²) in [4.78, 5) is 0. The number of rotatable bonds is 8. The van der Waals surface area contributed by atoms with Crippen molar-refractivity contribution in [3.63, 3.8) is 0 Å². The van der Waals surface area contributed by atoms with Crippen LogP contribution in [0.1, 0.15) is 6.92 Å².